The summed E-state index contributed by atoms with van der Waals surface area (Å²) in [7, 11) is 6.05. The summed E-state index contributed by atoms with van der Waals surface area (Å²) < 4.78 is 0. The first-order chi connectivity index (χ1) is 18.9. The number of fused-ring (bicyclic) bond motifs is 1. The molecule has 0 atom stereocenters. The van der Waals surface area contributed by atoms with Crippen LogP contribution in [0.2, 0.25) is 0 Å². The molecule has 0 unspecified atom stereocenters. The minimum absolute atomic E-state index is 0.172. The van der Waals surface area contributed by atoms with Crippen LogP contribution >= 0.6 is 0 Å². The summed E-state index contributed by atoms with van der Waals surface area (Å²) in [5.74, 6) is 1.26. The number of pyridine rings is 2. The van der Waals surface area contributed by atoms with Crippen LogP contribution in [0.5, 0.6) is 0 Å². The number of nitrogens with one attached hydrogen (secondary N) is 2. The van der Waals surface area contributed by atoms with Crippen molar-refractivity contribution in [2.45, 2.75) is 0 Å². The molecule has 2 N–H and O–H groups in total. The van der Waals surface area contributed by atoms with E-state index in [0.29, 0.717) is 29.2 Å². The Morgan fingerprint density at radius 1 is 1.00 bits per heavy atom. The third-order valence-electron chi connectivity index (χ3n) is 6.49. The smallest absolute Gasteiger partial charge is 0.248 e. The number of benzene rings is 1. The largest absolute Gasteiger partial charge is 0.354 e. The second-order valence-electron chi connectivity index (χ2n) is 9.84. The molecule has 10 nitrogen and oxygen atoms in total. The summed E-state index contributed by atoms with van der Waals surface area (Å²) in [5, 5.41) is 6.20. The lowest BCUT2D eigenvalue weighted by Gasteiger charge is -2.33. The van der Waals surface area contributed by atoms with Crippen LogP contribution in [0.15, 0.2) is 73.2 Å². The lowest BCUT2D eigenvalue weighted by atomic mass is 10.0. The standard InChI is InChI=1S/C29H33N9O/c1-36(2)13-5-8-27(39)33-22-7-4-6-21(18-22)24-11-12-30-25-20-32-29(35-28(24)25)34-23-9-10-26(31-19-23)38-16-14-37(3)15-17-38/h4-12,18-20H,13-17H2,1-3H3,(H,33,39)(H,32,34,35)/b8-5+. The first kappa shape index (κ1) is 26.2. The van der Waals surface area contributed by atoms with Crippen molar-refractivity contribution < 1.29 is 4.79 Å². The zero-order chi connectivity index (χ0) is 27.2. The van der Waals surface area contributed by atoms with Crippen LogP contribution < -0.4 is 15.5 Å². The summed E-state index contributed by atoms with van der Waals surface area (Å²) in [4.78, 5) is 37.3. The first-order valence-electron chi connectivity index (χ1n) is 13.0. The fourth-order valence-electron chi connectivity index (χ4n) is 4.36. The minimum Gasteiger partial charge on any atom is -0.354 e. The van der Waals surface area contributed by atoms with Gasteiger partial charge in [-0.25, -0.2) is 15.0 Å². The molecule has 10 heteroatoms. The van der Waals surface area contributed by atoms with Crippen LogP contribution in [0.4, 0.5) is 23.1 Å². The number of nitrogens with zero attached hydrogens (tertiary/aromatic N) is 7. The van der Waals surface area contributed by atoms with Crippen LogP contribution in [0.1, 0.15) is 0 Å². The Kier molecular flexibility index (Phi) is 8.04. The summed E-state index contributed by atoms with van der Waals surface area (Å²) in [6.45, 7) is 4.71. The average molecular weight is 524 g/mol. The van der Waals surface area contributed by atoms with Crippen molar-refractivity contribution >= 4 is 40.1 Å². The molecule has 39 heavy (non-hydrogen) atoms. The molecule has 4 aromatic rings. The van der Waals surface area contributed by atoms with Crippen LogP contribution in [-0.4, -0.2) is 89.5 Å². The Morgan fingerprint density at radius 2 is 1.85 bits per heavy atom. The number of likely N-dealkylation sites (N-methyl/N-ethyl adjacent to an activating group) is 2. The molecule has 5 rings (SSSR count). The molecule has 0 bridgehead atoms. The zero-order valence-electron chi connectivity index (χ0n) is 22.5. The summed E-state index contributed by atoms with van der Waals surface area (Å²) >= 11 is 0. The number of hydrogen-bond acceptors (Lipinski definition) is 9. The quantitative estimate of drug-likeness (QED) is 0.335. The fraction of sp³-hybridized carbons (Fsp3) is 0.276. The molecule has 0 saturated carbocycles. The molecule has 0 spiro atoms. The maximum absolute atomic E-state index is 12.3. The van der Waals surface area contributed by atoms with E-state index in [0.717, 1.165) is 48.8 Å². The van der Waals surface area contributed by atoms with Gasteiger partial charge in [0, 0.05) is 56.2 Å². The minimum atomic E-state index is -0.172. The van der Waals surface area contributed by atoms with E-state index in [2.05, 4.69) is 42.4 Å². The lowest BCUT2D eigenvalue weighted by Crippen LogP contribution is -2.44. The number of anilines is 4. The highest BCUT2D eigenvalue weighted by atomic mass is 16.1. The molecule has 1 saturated heterocycles. The van der Waals surface area contributed by atoms with Crippen molar-refractivity contribution in [3.8, 4) is 11.1 Å². The topological polar surface area (TPSA) is 102 Å². The molecule has 3 aromatic heterocycles. The van der Waals surface area contributed by atoms with Crippen molar-refractivity contribution in [3.05, 3.63) is 73.2 Å². The van der Waals surface area contributed by atoms with Gasteiger partial charge in [0.05, 0.1) is 18.1 Å². The molecular weight excluding hydrogens is 490 g/mol. The van der Waals surface area contributed by atoms with Crippen molar-refractivity contribution in [3.63, 3.8) is 0 Å². The second kappa shape index (κ2) is 12.0. The average Bonchev–Trinajstić information content (AvgIpc) is 2.93. The molecule has 1 fully saturated rings. The molecule has 0 radical (unpaired) electrons. The lowest BCUT2D eigenvalue weighted by molar-refractivity contribution is -0.111. The Balaban J connectivity index is 1.34. The van der Waals surface area contributed by atoms with Crippen LogP contribution in [-0.2, 0) is 4.79 Å². The van der Waals surface area contributed by atoms with E-state index in [1.807, 2.05) is 73.7 Å². The maximum atomic E-state index is 12.3. The molecule has 1 aliphatic heterocycles. The fourth-order valence-corrected chi connectivity index (χ4v) is 4.36. The number of piperazine rings is 1. The van der Waals surface area contributed by atoms with E-state index in [1.165, 1.54) is 0 Å². The molecule has 1 aliphatic rings. The summed E-state index contributed by atoms with van der Waals surface area (Å²) in [5.41, 5.74) is 4.73. The number of hydrogen-bond donors (Lipinski definition) is 2. The van der Waals surface area contributed by atoms with Gasteiger partial charge in [-0.05, 0) is 57.0 Å². The normalized spacial score (nSPS) is 14.3. The molecule has 1 amide bonds. The predicted molar refractivity (Wildman–Crippen MR) is 156 cm³/mol. The second-order valence-corrected chi connectivity index (χ2v) is 9.84. The van der Waals surface area contributed by atoms with Gasteiger partial charge in [-0.1, -0.05) is 18.2 Å². The van der Waals surface area contributed by atoms with Crippen molar-refractivity contribution in [1.82, 2.24) is 29.7 Å². The Hall–Kier alpha value is -4.41. The Morgan fingerprint density at radius 3 is 2.62 bits per heavy atom. The Bertz CT molecular complexity index is 1460. The maximum Gasteiger partial charge on any atom is 0.248 e. The third kappa shape index (κ3) is 6.73. The molecule has 1 aromatic carbocycles. The SMILES string of the molecule is CN(C)C/C=C/C(=O)Nc1cccc(-c2ccnc3cnc(Nc4ccc(N5CCN(C)CC5)nc4)nc23)c1. The van der Waals surface area contributed by atoms with E-state index in [1.54, 1.807) is 18.5 Å². The highest BCUT2D eigenvalue weighted by molar-refractivity contribution is 6.00. The van der Waals surface area contributed by atoms with Gasteiger partial charge in [-0.2, -0.15) is 0 Å². The van der Waals surface area contributed by atoms with Gasteiger partial charge in [-0.3, -0.25) is 9.78 Å². The van der Waals surface area contributed by atoms with Crippen molar-refractivity contribution in [2.75, 3.05) is 69.4 Å². The van der Waals surface area contributed by atoms with Gasteiger partial charge in [0.15, 0.2) is 0 Å². The van der Waals surface area contributed by atoms with Crippen LogP contribution in [0.25, 0.3) is 22.2 Å². The number of amides is 1. The Labute approximate surface area is 228 Å². The van der Waals surface area contributed by atoms with Crippen LogP contribution in [0, 0.1) is 0 Å². The van der Waals surface area contributed by atoms with Crippen molar-refractivity contribution in [1.29, 1.82) is 0 Å². The summed E-state index contributed by atoms with van der Waals surface area (Å²) in [6.07, 6.45) is 8.64. The van der Waals surface area contributed by atoms with E-state index in [4.69, 9.17) is 4.98 Å². The van der Waals surface area contributed by atoms with E-state index >= 15 is 0 Å². The van der Waals surface area contributed by atoms with Gasteiger partial charge < -0.3 is 25.3 Å². The van der Waals surface area contributed by atoms with Gasteiger partial charge >= 0.3 is 0 Å². The highest BCUT2D eigenvalue weighted by Gasteiger charge is 2.15. The predicted octanol–water partition coefficient (Wildman–Crippen LogP) is 3.64. The number of rotatable bonds is 8. The molecular formula is C29H33N9O. The number of carbonyl (C=O) groups is 1. The molecule has 4 heterocycles. The third-order valence-corrected chi connectivity index (χ3v) is 6.49. The van der Waals surface area contributed by atoms with Gasteiger partial charge in [0.25, 0.3) is 0 Å². The zero-order valence-corrected chi connectivity index (χ0v) is 22.5. The van der Waals surface area contributed by atoms with Crippen molar-refractivity contribution in [2.24, 2.45) is 0 Å². The van der Waals surface area contributed by atoms with Gasteiger partial charge in [0.2, 0.25) is 11.9 Å². The van der Waals surface area contributed by atoms with E-state index in [9.17, 15) is 4.79 Å². The van der Waals surface area contributed by atoms with Crippen LogP contribution in [0.3, 0.4) is 0 Å². The number of aromatic nitrogens is 4. The summed E-state index contributed by atoms with van der Waals surface area (Å²) in [6, 6.07) is 13.6. The molecule has 0 aliphatic carbocycles. The molecule has 200 valence electrons. The van der Waals surface area contributed by atoms with Gasteiger partial charge in [-0.15, -0.1) is 0 Å². The number of carbonyl (C=O) groups excluding carboxylic acids is 1. The first-order valence-corrected chi connectivity index (χ1v) is 13.0. The van der Waals surface area contributed by atoms with E-state index < -0.39 is 0 Å². The van der Waals surface area contributed by atoms with E-state index in [-0.39, 0.29) is 5.91 Å². The monoisotopic (exact) mass is 523 g/mol. The van der Waals surface area contributed by atoms with Gasteiger partial charge in [0.1, 0.15) is 16.9 Å². The highest BCUT2D eigenvalue weighted by Crippen LogP contribution is 2.29.